The van der Waals surface area contributed by atoms with Gasteiger partial charge in [0.25, 0.3) is 0 Å². The zero-order valence-electron chi connectivity index (χ0n) is 19.8. The van der Waals surface area contributed by atoms with Crippen molar-refractivity contribution in [1.82, 2.24) is 19.9 Å². The highest BCUT2D eigenvalue weighted by Gasteiger charge is 2.17. The Morgan fingerprint density at radius 3 is 2.59 bits per heavy atom. The summed E-state index contributed by atoms with van der Waals surface area (Å²) in [5.41, 5.74) is 2.75. The van der Waals surface area contributed by atoms with Gasteiger partial charge in [-0.15, -0.1) is 0 Å². The van der Waals surface area contributed by atoms with E-state index in [1.54, 1.807) is 12.1 Å². The van der Waals surface area contributed by atoms with Gasteiger partial charge in [-0.2, -0.15) is 0 Å². The number of halogens is 1. The maximum absolute atomic E-state index is 15.0. The first-order valence-electron chi connectivity index (χ1n) is 11.3. The van der Waals surface area contributed by atoms with E-state index in [9.17, 15) is 0 Å². The molecule has 178 valence electrons. The van der Waals surface area contributed by atoms with Gasteiger partial charge in [0, 0.05) is 44.0 Å². The molecule has 2 aromatic heterocycles. The number of ether oxygens (including phenoxy) is 1. The molecular formula is C25H30FN7O. The van der Waals surface area contributed by atoms with Gasteiger partial charge in [0.2, 0.25) is 5.88 Å². The molecule has 3 aromatic rings. The van der Waals surface area contributed by atoms with Crippen LogP contribution in [0.3, 0.4) is 0 Å². The molecule has 9 heteroatoms. The molecule has 1 aliphatic rings. The van der Waals surface area contributed by atoms with Crippen LogP contribution in [0.2, 0.25) is 0 Å². The van der Waals surface area contributed by atoms with Gasteiger partial charge in [-0.25, -0.2) is 19.3 Å². The fraction of sp³-hybridized carbons (Fsp3) is 0.320. The van der Waals surface area contributed by atoms with Crippen LogP contribution in [0.15, 0.2) is 43.4 Å². The second-order valence-corrected chi connectivity index (χ2v) is 8.14. The number of hydrogen-bond acceptors (Lipinski definition) is 8. The molecule has 8 nitrogen and oxygen atoms in total. The molecule has 0 spiro atoms. The van der Waals surface area contributed by atoms with Gasteiger partial charge in [-0.1, -0.05) is 12.7 Å². The number of nitrogens with one attached hydrogen (secondary N) is 2. The number of anilines is 4. The maximum atomic E-state index is 15.0. The first kappa shape index (κ1) is 23.4. The summed E-state index contributed by atoms with van der Waals surface area (Å²) < 4.78 is 20.9. The Bertz CT molecular complexity index is 1140. The second kappa shape index (κ2) is 10.5. The van der Waals surface area contributed by atoms with Crippen LogP contribution >= 0.6 is 0 Å². The molecule has 1 aliphatic heterocycles. The molecule has 1 saturated heterocycles. The summed E-state index contributed by atoms with van der Waals surface area (Å²) in [7, 11) is 2.14. The summed E-state index contributed by atoms with van der Waals surface area (Å²) in [5.74, 6) is 1.02. The van der Waals surface area contributed by atoms with Crippen LogP contribution in [0.4, 0.5) is 27.4 Å². The molecule has 0 saturated carbocycles. The van der Waals surface area contributed by atoms with Gasteiger partial charge in [0.05, 0.1) is 17.4 Å². The van der Waals surface area contributed by atoms with Gasteiger partial charge in [0.1, 0.15) is 18.0 Å². The van der Waals surface area contributed by atoms with Crippen LogP contribution < -0.4 is 20.3 Å². The lowest BCUT2D eigenvalue weighted by atomic mass is 10.1. The van der Waals surface area contributed by atoms with Crippen molar-refractivity contribution in [3.05, 3.63) is 60.3 Å². The molecular weight excluding hydrogens is 433 g/mol. The largest absolute Gasteiger partial charge is 0.435 e. The number of piperazine rings is 1. The van der Waals surface area contributed by atoms with E-state index in [0.717, 1.165) is 31.9 Å². The van der Waals surface area contributed by atoms with Gasteiger partial charge < -0.3 is 25.2 Å². The third-order valence-corrected chi connectivity index (χ3v) is 5.82. The number of aromatic nitrogens is 3. The third kappa shape index (κ3) is 5.09. The third-order valence-electron chi connectivity index (χ3n) is 5.82. The van der Waals surface area contributed by atoms with Crippen LogP contribution in [0.5, 0.6) is 11.6 Å². The lowest BCUT2D eigenvalue weighted by Gasteiger charge is -2.33. The highest BCUT2D eigenvalue weighted by atomic mass is 19.1. The standard InChI is InChI=1S/C25H30FN7O/c1-5-19-20(27-6-2)8-9-21(23(19)26)34-25-17(3)24(29-16-30-25)31-22-10-7-18(15-28-22)33-13-11-32(4)12-14-33/h5,7-10,15-16,27H,1,6,11-14H2,2-4H3,(H,28,29,30,31). The highest BCUT2D eigenvalue weighted by Crippen LogP contribution is 2.33. The first-order chi connectivity index (χ1) is 16.5. The van der Waals surface area contributed by atoms with E-state index in [2.05, 4.69) is 49.0 Å². The van der Waals surface area contributed by atoms with Crippen molar-refractivity contribution in [3.63, 3.8) is 0 Å². The van der Waals surface area contributed by atoms with E-state index in [0.29, 0.717) is 35.0 Å². The van der Waals surface area contributed by atoms with Crippen molar-refractivity contribution in [1.29, 1.82) is 0 Å². The minimum absolute atomic E-state index is 0.0685. The van der Waals surface area contributed by atoms with Crippen molar-refractivity contribution in [2.45, 2.75) is 13.8 Å². The Hall–Kier alpha value is -3.72. The average Bonchev–Trinajstić information content (AvgIpc) is 2.84. The van der Waals surface area contributed by atoms with Gasteiger partial charge in [0.15, 0.2) is 11.6 Å². The Kier molecular flexibility index (Phi) is 7.22. The van der Waals surface area contributed by atoms with E-state index in [1.165, 1.54) is 12.4 Å². The summed E-state index contributed by atoms with van der Waals surface area (Å²) in [6.45, 7) is 12.2. The lowest BCUT2D eigenvalue weighted by molar-refractivity contribution is 0.313. The molecule has 0 aliphatic carbocycles. The Morgan fingerprint density at radius 2 is 1.91 bits per heavy atom. The molecule has 4 rings (SSSR count). The van der Waals surface area contributed by atoms with Crippen LogP contribution in [0, 0.1) is 12.7 Å². The Balaban J connectivity index is 1.50. The molecule has 2 N–H and O–H groups in total. The number of benzene rings is 1. The molecule has 0 bridgehead atoms. The predicted molar refractivity (Wildman–Crippen MR) is 135 cm³/mol. The molecule has 1 fully saturated rings. The normalized spacial score (nSPS) is 14.1. The van der Waals surface area contributed by atoms with Crippen molar-refractivity contribution in [2.75, 3.05) is 55.3 Å². The molecule has 3 heterocycles. The molecule has 0 amide bonds. The van der Waals surface area contributed by atoms with Crippen LogP contribution in [-0.4, -0.2) is 59.6 Å². The van der Waals surface area contributed by atoms with Gasteiger partial charge in [-0.3, -0.25) is 0 Å². The van der Waals surface area contributed by atoms with Crippen molar-refractivity contribution < 1.29 is 9.13 Å². The van der Waals surface area contributed by atoms with Crippen molar-refractivity contribution in [3.8, 4) is 11.6 Å². The number of nitrogens with zero attached hydrogens (tertiary/aromatic N) is 5. The molecule has 0 unspecified atom stereocenters. The van der Waals surface area contributed by atoms with E-state index in [4.69, 9.17) is 4.74 Å². The number of likely N-dealkylation sites (N-methyl/N-ethyl adjacent to an activating group) is 1. The van der Waals surface area contributed by atoms with Crippen LogP contribution in [0.1, 0.15) is 18.1 Å². The topological polar surface area (TPSA) is 78.4 Å². The highest BCUT2D eigenvalue weighted by molar-refractivity contribution is 5.68. The fourth-order valence-corrected chi connectivity index (χ4v) is 3.80. The number of pyridine rings is 1. The van der Waals surface area contributed by atoms with Gasteiger partial charge >= 0.3 is 0 Å². The first-order valence-corrected chi connectivity index (χ1v) is 11.3. The lowest BCUT2D eigenvalue weighted by Crippen LogP contribution is -2.44. The summed E-state index contributed by atoms with van der Waals surface area (Å²) in [6.07, 6.45) is 4.71. The zero-order valence-corrected chi connectivity index (χ0v) is 19.8. The van der Waals surface area contributed by atoms with Crippen molar-refractivity contribution >= 4 is 29.1 Å². The van der Waals surface area contributed by atoms with Gasteiger partial charge in [-0.05, 0) is 45.2 Å². The number of rotatable bonds is 8. The zero-order chi connectivity index (χ0) is 24.1. The fourth-order valence-electron chi connectivity index (χ4n) is 3.80. The predicted octanol–water partition coefficient (Wildman–Crippen LogP) is 4.68. The van der Waals surface area contributed by atoms with E-state index >= 15 is 4.39 Å². The maximum Gasteiger partial charge on any atom is 0.227 e. The summed E-state index contributed by atoms with van der Waals surface area (Å²) in [4.78, 5) is 17.7. The summed E-state index contributed by atoms with van der Waals surface area (Å²) in [6, 6.07) is 7.31. The molecule has 34 heavy (non-hydrogen) atoms. The number of hydrogen-bond donors (Lipinski definition) is 2. The average molecular weight is 464 g/mol. The van der Waals surface area contributed by atoms with Crippen LogP contribution in [0.25, 0.3) is 6.08 Å². The minimum atomic E-state index is -0.498. The Morgan fingerprint density at radius 1 is 1.12 bits per heavy atom. The molecule has 0 radical (unpaired) electrons. The smallest absolute Gasteiger partial charge is 0.227 e. The summed E-state index contributed by atoms with van der Waals surface area (Å²) in [5, 5.41) is 6.33. The second-order valence-electron chi connectivity index (χ2n) is 8.14. The quantitative estimate of drug-likeness (QED) is 0.499. The monoisotopic (exact) mass is 463 g/mol. The van der Waals surface area contributed by atoms with Crippen molar-refractivity contribution in [2.24, 2.45) is 0 Å². The van der Waals surface area contributed by atoms with E-state index in [1.807, 2.05) is 32.2 Å². The minimum Gasteiger partial charge on any atom is -0.435 e. The van der Waals surface area contributed by atoms with E-state index in [-0.39, 0.29) is 11.6 Å². The molecule has 1 aromatic carbocycles. The molecule has 0 atom stereocenters. The SMILES string of the molecule is C=Cc1c(NCC)ccc(Oc2ncnc(Nc3ccc(N4CCN(C)CC4)cn3)c2C)c1F. The van der Waals surface area contributed by atoms with Crippen LogP contribution in [-0.2, 0) is 0 Å². The Labute approximate surface area is 199 Å². The van der Waals surface area contributed by atoms with E-state index < -0.39 is 5.82 Å². The summed E-state index contributed by atoms with van der Waals surface area (Å²) >= 11 is 0.